The van der Waals surface area contributed by atoms with Crippen LogP contribution in [-0.2, 0) is 6.54 Å². The van der Waals surface area contributed by atoms with E-state index in [0.717, 1.165) is 39.9 Å². The second-order valence-electron chi connectivity index (χ2n) is 8.47. The summed E-state index contributed by atoms with van der Waals surface area (Å²) in [7, 11) is 0. The summed E-state index contributed by atoms with van der Waals surface area (Å²) in [5, 5.41) is 0.509. The molecule has 2 heterocycles. The summed E-state index contributed by atoms with van der Waals surface area (Å²) in [5.41, 5.74) is 5.12. The Morgan fingerprint density at radius 3 is 2.55 bits per heavy atom. The lowest BCUT2D eigenvalue weighted by molar-refractivity contribution is 0.103. The van der Waals surface area contributed by atoms with Crippen LogP contribution in [0.5, 0.6) is 5.75 Å². The summed E-state index contributed by atoms with van der Waals surface area (Å²) >= 11 is 0. The number of carbonyl (C=O) groups is 1. The fourth-order valence-electron chi connectivity index (χ4n) is 3.91. The minimum Gasteiger partial charge on any atom is -0.493 e. The van der Waals surface area contributed by atoms with Crippen molar-refractivity contribution < 1.29 is 9.53 Å². The van der Waals surface area contributed by atoms with E-state index in [0.29, 0.717) is 24.1 Å². The number of pyridine rings is 2. The first-order chi connectivity index (χ1) is 15.9. The molecule has 0 radical (unpaired) electrons. The van der Waals surface area contributed by atoms with Crippen LogP contribution in [0.3, 0.4) is 0 Å². The summed E-state index contributed by atoms with van der Waals surface area (Å²) < 4.78 is 7.86. The molecule has 0 aliphatic heterocycles. The lowest BCUT2D eigenvalue weighted by Crippen LogP contribution is -2.20. The van der Waals surface area contributed by atoms with E-state index in [1.807, 2.05) is 61.7 Å². The molecule has 4 aromatic rings. The van der Waals surface area contributed by atoms with Crippen LogP contribution in [0.2, 0.25) is 0 Å². The third kappa shape index (κ3) is 4.58. The predicted octanol–water partition coefficient (Wildman–Crippen LogP) is 5.39. The standard InChI is InChI=1S/C28H28N2O3/c1-5-11-33-26-14-25-23(13-20(26)4)28(32)24(17-30(25)16-21-7-6-10-29-15-21)27(31)22-9-8-18(2)19(3)12-22/h6-10,12-15,17H,5,11,16H2,1-4H3. The Bertz CT molecular complexity index is 1390. The molecule has 0 aliphatic carbocycles. The van der Waals surface area contributed by atoms with Gasteiger partial charge >= 0.3 is 0 Å². The predicted molar refractivity (Wildman–Crippen MR) is 131 cm³/mol. The van der Waals surface area contributed by atoms with Crippen molar-refractivity contribution in [1.82, 2.24) is 9.55 Å². The zero-order valence-electron chi connectivity index (χ0n) is 19.5. The Labute approximate surface area is 193 Å². The number of fused-ring (bicyclic) bond motifs is 1. The fourth-order valence-corrected chi connectivity index (χ4v) is 3.91. The number of benzene rings is 2. The van der Waals surface area contributed by atoms with Crippen LogP contribution < -0.4 is 10.2 Å². The molecular weight excluding hydrogens is 412 g/mol. The molecule has 0 saturated heterocycles. The van der Waals surface area contributed by atoms with Gasteiger partial charge < -0.3 is 9.30 Å². The SMILES string of the molecule is CCCOc1cc2c(cc1C)c(=O)c(C(=O)c1ccc(C)c(C)c1)cn2Cc1cccnc1. The monoisotopic (exact) mass is 440 g/mol. The number of hydrogen-bond donors (Lipinski definition) is 0. The van der Waals surface area contributed by atoms with E-state index < -0.39 is 0 Å². The van der Waals surface area contributed by atoms with E-state index in [4.69, 9.17) is 4.74 Å². The molecule has 5 heteroatoms. The number of ether oxygens (including phenoxy) is 1. The molecule has 0 spiro atoms. The molecule has 2 aromatic carbocycles. The van der Waals surface area contributed by atoms with Crippen LogP contribution in [0.25, 0.3) is 10.9 Å². The molecule has 0 N–H and O–H groups in total. The van der Waals surface area contributed by atoms with Crippen molar-refractivity contribution in [2.45, 2.75) is 40.7 Å². The van der Waals surface area contributed by atoms with Crippen LogP contribution in [0.1, 0.15) is 51.5 Å². The van der Waals surface area contributed by atoms with E-state index in [9.17, 15) is 9.59 Å². The third-order valence-corrected chi connectivity index (χ3v) is 5.93. The van der Waals surface area contributed by atoms with Gasteiger partial charge in [0.05, 0.1) is 17.7 Å². The Morgan fingerprint density at radius 2 is 1.85 bits per heavy atom. The number of ketones is 1. The van der Waals surface area contributed by atoms with Crippen LogP contribution >= 0.6 is 0 Å². The number of nitrogens with zero attached hydrogens (tertiary/aromatic N) is 2. The van der Waals surface area contributed by atoms with Crippen LogP contribution in [0, 0.1) is 20.8 Å². The van der Waals surface area contributed by atoms with Crippen molar-refractivity contribution in [2.75, 3.05) is 6.61 Å². The van der Waals surface area contributed by atoms with Gasteiger partial charge in [0.25, 0.3) is 0 Å². The van der Waals surface area contributed by atoms with E-state index >= 15 is 0 Å². The largest absolute Gasteiger partial charge is 0.493 e. The van der Waals surface area contributed by atoms with Gasteiger partial charge in [-0.3, -0.25) is 14.6 Å². The molecule has 0 amide bonds. The smallest absolute Gasteiger partial charge is 0.200 e. The number of carbonyl (C=O) groups excluding carboxylic acids is 1. The molecule has 33 heavy (non-hydrogen) atoms. The van der Waals surface area contributed by atoms with Gasteiger partial charge in [0, 0.05) is 42.2 Å². The fraction of sp³-hybridized carbons (Fsp3) is 0.250. The van der Waals surface area contributed by atoms with E-state index in [1.54, 1.807) is 24.7 Å². The highest BCUT2D eigenvalue weighted by atomic mass is 16.5. The van der Waals surface area contributed by atoms with Gasteiger partial charge in [0.1, 0.15) is 5.75 Å². The summed E-state index contributed by atoms with van der Waals surface area (Å²) in [5.74, 6) is 0.478. The number of hydrogen-bond acceptors (Lipinski definition) is 4. The highest BCUT2D eigenvalue weighted by Gasteiger charge is 2.19. The molecule has 0 unspecified atom stereocenters. The maximum absolute atomic E-state index is 13.5. The highest BCUT2D eigenvalue weighted by Crippen LogP contribution is 2.26. The minimum atomic E-state index is -0.270. The first-order valence-corrected chi connectivity index (χ1v) is 11.2. The first-order valence-electron chi connectivity index (χ1n) is 11.2. The molecule has 168 valence electrons. The van der Waals surface area contributed by atoms with E-state index in [1.165, 1.54) is 0 Å². The van der Waals surface area contributed by atoms with Crippen molar-refractivity contribution in [3.8, 4) is 5.75 Å². The Balaban J connectivity index is 1.92. The van der Waals surface area contributed by atoms with Crippen LogP contribution in [0.4, 0.5) is 0 Å². The maximum Gasteiger partial charge on any atom is 0.200 e. The molecule has 0 atom stereocenters. The first kappa shape index (κ1) is 22.5. The third-order valence-electron chi connectivity index (χ3n) is 5.93. The molecule has 5 nitrogen and oxygen atoms in total. The van der Waals surface area contributed by atoms with Crippen molar-refractivity contribution in [3.63, 3.8) is 0 Å². The van der Waals surface area contributed by atoms with Gasteiger partial charge in [-0.05, 0) is 67.6 Å². The molecule has 2 aromatic heterocycles. The van der Waals surface area contributed by atoms with Crippen LogP contribution in [0.15, 0.2) is 65.8 Å². The number of rotatable bonds is 7. The second-order valence-corrected chi connectivity index (χ2v) is 8.47. The van der Waals surface area contributed by atoms with E-state index in [-0.39, 0.29) is 16.8 Å². The van der Waals surface area contributed by atoms with Gasteiger partial charge in [-0.2, -0.15) is 0 Å². The Hall–Kier alpha value is -3.73. The average Bonchev–Trinajstić information content (AvgIpc) is 2.82. The lowest BCUT2D eigenvalue weighted by atomic mass is 9.98. The molecular formula is C28H28N2O3. The summed E-state index contributed by atoms with van der Waals surface area (Å²) in [6.45, 7) is 9.03. The average molecular weight is 441 g/mol. The molecule has 0 fully saturated rings. The van der Waals surface area contributed by atoms with Crippen molar-refractivity contribution in [3.05, 3.63) is 105 Å². The van der Waals surface area contributed by atoms with Crippen molar-refractivity contribution >= 4 is 16.7 Å². The van der Waals surface area contributed by atoms with Gasteiger partial charge in [-0.15, -0.1) is 0 Å². The van der Waals surface area contributed by atoms with Gasteiger partial charge in [-0.1, -0.05) is 25.1 Å². The Morgan fingerprint density at radius 1 is 1.03 bits per heavy atom. The van der Waals surface area contributed by atoms with Crippen molar-refractivity contribution in [1.29, 1.82) is 0 Å². The van der Waals surface area contributed by atoms with Gasteiger partial charge in [-0.25, -0.2) is 0 Å². The second kappa shape index (κ2) is 9.41. The minimum absolute atomic E-state index is 0.163. The lowest BCUT2D eigenvalue weighted by Gasteiger charge is -2.16. The van der Waals surface area contributed by atoms with Gasteiger partial charge in [0.15, 0.2) is 5.78 Å². The normalized spacial score (nSPS) is 11.0. The zero-order valence-corrected chi connectivity index (χ0v) is 19.5. The van der Waals surface area contributed by atoms with Crippen LogP contribution in [-0.4, -0.2) is 21.9 Å². The summed E-state index contributed by atoms with van der Waals surface area (Å²) in [4.78, 5) is 31.1. The Kier molecular flexibility index (Phi) is 6.40. The van der Waals surface area contributed by atoms with Crippen molar-refractivity contribution in [2.24, 2.45) is 0 Å². The quantitative estimate of drug-likeness (QED) is 0.362. The maximum atomic E-state index is 13.5. The highest BCUT2D eigenvalue weighted by molar-refractivity contribution is 6.10. The molecule has 0 saturated carbocycles. The van der Waals surface area contributed by atoms with E-state index in [2.05, 4.69) is 11.9 Å². The summed E-state index contributed by atoms with van der Waals surface area (Å²) in [6.07, 6.45) is 6.08. The molecule has 4 rings (SSSR count). The number of aryl methyl sites for hydroxylation is 3. The molecule has 0 aliphatic rings. The number of aromatic nitrogens is 2. The summed E-state index contributed by atoms with van der Waals surface area (Å²) in [6, 6.07) is 13.1. The molecule has 0 bridgehead atoms. The van der Waals surface area contributed by atoms with Gasteiger partial charge in [0.2, 0.25) is 5.43 Å². The topological polar surface area (TPSA) is 61.2 Å². The zero-order chi connectivity index (χ0) is 23.5.